The normalized spacial score (nSPS) is 15.2. The van der Waals surface area contributed by atoms with Crippen molar-refractivity contribution < 1.29 is 67.2 Å². The number of esters is 1. The Hall–Kier alpha value is -2.01. The summed E-state index contributed by atoms with van der Waals surface area (Å²) in [6, 6.07) is 0. The maximum Gasteiger partial charge on any atom is 0.466 e. The first-order chi connectivity index (χ1) is 14.6. The fraction of sp³-hybridized carbons (Fsp3) is 0.750. The number of carbonyl (C=O) groups is 2. The number of amides is 1. The quantitative estimate of drug-likeness (QED) is 0.0986. The standard InChI is InChI=1S/C16H21F8NO7S/c1-9(2)8-25-12(27)14(15(20,21)22,32-11(26)10(3)17)31-7-5-4-6-13(18,19)16(23,24)33(28,29)30/h9H,3-8H2,1-2H3,(H,25,27)(H,28,29,30)/p-1. The van der Waals surface area contributed by atoms with Gasteiger partial charge in [-0.05, 0) is 18.8 Å². The summed E-state index contributed by atoms with van der Waals surface area (Å²) >= 11 is 0. The molecule has 0 heterocycles. The molecule has 33 heavy (non-hydrogen) atoms. The topological polar surface area (TPSA) is 122 Å². The van der Waals surface area contributed by atoms with Crippen LogP contribution in [0.25, 0.3) is 0 Å². The monoisotopic (exact) mass is 522 g/mol. The van der Waals surface area contributed by atoms with Crippen molar-refractivity contribution in [3.63, 3.8) is 0 Å². The van der Waals surface area contributed by atoms with Gasteiger partial charge in [0.1, 0.15) is 0 Å². The molecule has 0 aliphatic rings. The number of halogens is 8. The van der Waals surface area contributed by atoms with Gasteiger partial charge in [0.2, 0.25) is 5.83 Å². The van der Waals surface area contributed by atoms with E-state index in [1.807, 2.05) is 0 Å². The summed E-state index contributed by atoms with van der Waals surface area (Å²) in [4.78, 5) is 23.5. The SMILES string of the molecule is C=C(F)C(=O)OC(OCCCCC(F)(F)C(F)(F)S(=O)(=O)[O-])(C(=O)NCC(C)C)C(F)(F)F. The second-order valence-electron chi connectivity index (χ2n) is 6.99. The Morgan fingerprint density at radius 1 is 1.06 bits per heavy atom. The van der Waals surface area contributed by atoms with Gasteiger partial charge in [-0.15, -0.1) is 0 Å². The van der Waals surface area contributed by atoms with Crippen molar-refractivity contribution in [3.05, 3.63) is 12.4 Å². The van der Waals surface area contributed by atoms with Gasteiger partial charge in [0.05, 0.1) is 6.61 Å². The molecule has 194 valence electrons. The smallest absolute Gasteiger partial charge is 0.466 e. The predicted octanol–water partition coefficient (Wildman–Crippen LogP) is 3.00. The molecule has 0 bridgehead atoms. The van der Waals surface area contributed by atoms with Gasteiger partial charge in [-0.25, -0.2) is 13.2 Å². The molecule has 8 nitrogen and oxygen atoms in total. The van der Waals surface area contributed by atoms with Crippen molar-refractivity contribution in [2.75, 3.05) is 13.2 Å². The van der Waals surface area contributed by atoms with Gasteiger partial charge in [-0.1, -0.05) is 20.4 Å². The first-order valence-corrected chi connectivity index (χ1v) is 10.3. The van der Waals surface area contributed by atoms with E-state index in [1.165, 1.54) is 13.8 Å². The molecular formula is C16H20F8NO7S-. The molecular weight excluding hydrogens is 502 g/mol. The van der Waals surface area contributed by atoms with Crippen LogP contribution in [-0.2, 0) is 29.2 Å². The number of rotatable bonds is 13. The largest absolute Gasteiger partial charge is 0.743 e. The summed E-state index contributed by atoms with van der Waals surface area (Å²) in [6.07, 6.45) is -9.85. The van der Waals surface area contributed by atoms with E-state index in [1.54, 1.807) is 5.32 Å². The summed E-state index contributed by atoms with van der Waals surface area (Å²) in [7, 11) is -6.76. The molecule has 0 aromatic rings. The second-order valence-corrected chi connectivity index (χ2v) is 8.41. The summed E-state index contributed by atoms with van der Waals surface area (Å²) in [5, 5.41) is -4.25. The first kappa shape index (κ1) is 31.0. The van der Waals surface area contributed by atoms with Crippen LogP contribution < -0.4 is 5.32 Å². The van der Waals surface area contributed by atoms with Crippen LogP contribution in [0, 0.1) is 5.92 Å². The van der Waals surface area contributed by atoms with Crippen molar-refractivity contribution in [2.45, 2.75) is 56.3 Å². The summed E-state index contributed by atoms with van der Waals surface area (Å²) in [5.74, 6) is -16.7. The van der Waals surface area contributed by atoms with Gasteiger partial charge < -0.3 is 19.3 Å². The van der Waals surface area contributed by atoms with E-state index in [0.717, 1.165) is 0 Å². The van der Waals surface area contributed by atoms with Crippen LogP contribution in [0.1, 0.15) is 33.1 Å². The highest BCUT2D eigenvalue weighted by molar-refractivity contribution is 7.86. The van der Waals surface area contributed by atoms with Crippen LogP contribution >= 0.6 is 0 Å². The van der Waals surface area contributed by atoms with Gasteiger partial charge in [0, 0.05) is 13.0 Å². The molecule has 0 aliphatic carbocycles. The second kappa shape index (κ2) is 10.9. The summed E-state index contributed by atoms with van der Waals surface area (Å²) < 4.78 is 146. The van der Waals surface area contributed by atoms with Gasteiger partial charge in [-0.3, -0.25) is 4.79 Å². The Balaban J connectivity index is 5.56. The molecule has 1 atom stereocenters. The van der Waals surface area contributed by atoms with E-state index in [-0.39, 0.29) is 6.54 Å². The summed E-state index contributed by atoms with van der Waals surface area (Å²) in [6.45, 7) is 3.64. The highest BCUT2D eigenvalue weighted by Crippen LogP contribution is 2.42. The molecule has 0 fully saturated rings. The van der Waals surface area contributed by atoms with Crippen molar-refractivity contribution in [1.29, 1.82) is 0 Å². The summed E-state index contributed by atoms with van der Waals surface area (Å²) in [5.41, 5.74) is 0. The van der Waals surface area contributed by atoms with E-state index in [0.29, 0.717) is 0 Å². The van der Waals surface area contributed by atoms with Gasteiger partial charge in [-0.2, -0.15) is 35.1 Å². The number of ether oxygens (including phenoxy) is 2. The van der Waals surface area contributed by atoms with Crippen molar-refractivity contribution in [2.24, 2.45) is 5.92 Å². The predicted molar refractivity (Wildman–Crippen MR) is 92.4 cm³/mol. The Morgan fingerprint density at radius 3 is 1.97 bits per heavy atom. The van der Waals surface area contributed by atoms with Crippen molar-refractivity contribution in [3.8, 4) is 0 Å². The van der Waals surface area contributed by atoms with E-state index in [2.05, 4.69) is 16.1 Å². The number of hydrogen-bond acceptors (Lipinski definition) is 7. The van der Waals surface area contributed by atoms with Crippen LogP contribution in [0.3, 0.4) is 0 Å². The van der Waals surface area contributed by atoms with Gasteiger partial charge in [0.15, 0.2) is 10.1 Å². The number of carbonyl (C=O) groups excluding carboxylic acids is 2. The number of unbranched alkanes of at least 4 members (excludes halogenated alkanes) is 1. The highest BCUT2D eigenvalue weighted by Gasteiger charge is 2.66. The molecule has 1 N–H and O–H groups in total. The Morgan fingerprint density at radius 2 is 1.58 bits per heavy atom. The fourth-order valence-electron chi connectivity index (χ4n) is 2.00. The Bertz CT molecular complexity index is 829. The molecule has 0 aromatic carbocycles. The van der Waals surface area contributed by atoms with Crippen LogP contribution in [-0.4, -0.2) is 61.1 Å². The molecule has 0 aromatic heterocycles. The van der Waals surface area contributed by atoms with E-state index < -0.39 is 82.7 Å². The third kappa shape index (κ3) is 7.77. The number of hydrogen-bond donors (Lipinski definition) is 1. The van der Waals surface area contributed by atoms with Gasteiger partial charge >= 0.3 is 35.0 Å². The zero-order valence-electron chi connectivity index (χ0n) is 17.1. The Kier molecular flexibility index (Phi) is 10.3. The third-order valence-electron chi connectivity index (χ3n) is 3.73. The van der Waals surface area contributed by atoms with Crippen molar-refractivity contribution >= 4 is 22.0 Å². The van der Waals surface area contributed by atoms with Gasteiger partial charge in [0.25, 0.3) is 0 Å². The molecule has 1 amide bonds. The lowest BCUT2D eigenvalue weighted by Gasteiger charge is -2.33. The minimum absolute atomic E-state index is 0.390. The average Bonchev–Trinajstić information content (AvgIpc) is 2.62. The van der Waals surface area contributed by atoms with E-state index in [9.17, 15) is 57.7 Å². The molecule has 0 rings (SSSR count). The third-order valence-corrected chi connectivity index (χ3v) is 4.66. The molecule has 0 saturated heterocycles. The lowest BCUT2D eigenvalue weighted by atomic mass is 10.1. The van der Waals surface area contributed by atoms with Crippen LogP contribution in [0.15, 0.2) is 12.4 Å². The molecule has 0 spiro atoms. The molecule has 0 radical (unpaired) electrons. The number of alkyl halides is 7. The van der Waals surface area contributed by atoms with Crippen LogP contribution in [0.4, 0.5) is 35.1 Å². The maximum absolute atomic E-state index is 13.6. The van der Waals surface area contributed by atoms with E-state index in [4.69, 9.17) is 0 Å². The van der Waals surface area contributed by atoms with Crippen LogP contribution in [0.5, 0.6) is 0 Å². The molecule has 0 aliphatic heterocycles. The lowest BCUT2D eigenvalue weighted by Crippen LogP contribution is -2.62. The van der Waals surface area contributed by atoms with Crippen molar-refractivity contribution in [1.82, 2.24) is 5.32 Å². The minimum atomic E-state index is -6.76. The lowest BCUT2D eigenvalue weighted by molar-refractivity contribution is -0.347. The minimum Gasteiger partial charge on any atom is -0.743 e. The highest BCUT2D eigenvalue weighted by atomic mass is 32.2. The molecule has 1 unspecified atom stereocenters. The average molecular weight is 522 g/mol. The van der Waals surface area contributed by atoms with E-state index >= 15 is 0 Å². The first-order valence-electron chi connectivity index (χ1n) is 8.90. The fourth-order valence-corrected chi connectivity index (χ4v) is 2.47. The molecule has 17 heteroatoms. The Labute approximate surface area is 183 Å². The zero-order valence-corrected chi connectivity index (χ0v) is 17.9. The van der Waals surface area contributed by atoms with Crippen LogP contribution in [0.2, 0.25) is 0 Å². The zero-order chi connectivity index (χ0) is 26.5. The molecule has 0 saturated carbocycles. The number of nitrogens with one attached hydrogen (secondary N) is 1. The maximum atomic E-state index is 13.6.